The van der Waals surface area contributed by atoms with Crippen LogP contribution in [0.15, 0.2) is 42.6 Å². The molecule has 0 aliphatic heterocycles. The van der Waals surface area contributed by atoms with E-state index < -0.39 is 17.5 Å². The van der Waals surface area contributed by atoms with Crippen LogP contribution in [0.25, 0.3) is 11.3 Å². The highest BCUT2D eigenvalue weighted by molar-refractivity contribution is 5.86. The molecule has 21 heavy (non-hydrogen) atoms. The van der Waals surface area contributed by atoms with Gasteiger partial charge in [0, 0.05) is 11.8 Å². The number of halogens is 1. The van der Waals surface area contributed by atoms with Crippen LogP contribution in [-0.2, 0) is 4.74 Å². The number of carbonyl (C=O) groups excluding carboxylic acids is 1. The SMILES string of the molecule is CC(C)(C)OC(=O)Nc1cccc(-c2ccccn2)c1F. The standard InChI is InChI=1S/C16H17FN2O2/c1-16(2,3)21-15(20)19-13-9-6-7-11(14(13)17)12-8-4-5-10-18-12/h4-10H,1-3H3,(H,19,20). The molecule has 2 aromatic rings. The number of nitrogens with zero attached hydrogens (tertiary/aromatic N) is 1. The highest BCUT2D eigenvalue weighted by Gasteiger charge is 2.18. The summed E-state index contributed by atoms with van der Waals surface area (Å²) in [5.74, 6) is -0.540. The third-order valence-corrected chi connectivity index (χ3v) is 2.58. The molecule has 2 rings (SSSR count). The average Bonchev–Trinajstić information content (AvgIpc) is 2.40. The summed E-state index contributed by atoms with van der Waals surface area (Å²) in [5.41, 5.74) is 0.249. The lowest BCUT2D eigenvalue weighted by Gasteiger charge is -2.20. The number of carbonyl (C=O) groups is 1. The summed E-state index contributed by atoms with van der Waals surface area (Å²) >= 11 is 0. The van der Waals surface area contributed by atoms with Crippen molar-refractivity contribution < 1.29 is 13.9 Å². The fraction of sp³-hybridized carbons (Fsp3) is 0.250. The van der Waals surface area contributed by atoms with Crippen molar-refractivity contribution in [1.29, 1.82) is 0 Å². The first-order valence-electron chi connectivity index (χ1n) is 6.57. The van der Waals surface area contributed by atoms with Gasteiger partial charge in [-0.05, 0) is 45.0 Å². The third-order valence-electron chi connectivity index (χ3n) is 2.58. The highest BCUT2D eigenvalue weighted by atomic mass is 19.1. The van der Waals surface area contributed by atoms with Gasteiger partial charge in [0.2, 0.25) is 0 Å². The summed E-state index contributed by atoms with van der Waals surface area (Å²) in [6.07, 6.45) is 0.891. The lowest BCUT2D eigenvalue weighted by molar-refractivity contribution is 0.0635. The molecule has 0 atom stereocenters. The van der Waals surface area contributed by atoms with Crippen LogP contribution in [0.1, 0.15) is 20.8 Å². The monoisotopic (exact) mass is 288 g/mol. The molecule has 110 valence electrons. The Morgan fingerprint density at radius 3 is 2.57 bits per heavy atom. The molecule has 0 radical (unpaired) electrons. The fourth-order valence-corrected chi connectivity index (χ4v) is 1.76. The van der Waals surface area contributed by atoms with Crippen LogP contribution in [0.5, 0.6) is 0 Å². The number of ether oxygens (including phenoxy) is 1. The maximum absolute atomic E-state index is 14.4. The molecule has 5 heteroatoms. The molecule has 4 nitrogen and oxygen atoms in total. The minimum atomic E-state index is -0.695. The van der Waals surface area contributed by atoms with Crippen molar-refractivity contribution in [3.05, 3.63) is 48.4 Å². The normalized spacial score (nSPS) is 11.0. The van der Waals surface area contributed by atoms with E-state index in [1.54, 1.807) is 57.3 Å². The van der Waals surface area contributed by atoms with Gasteiger partial charge >= 0.3 is 6.09 Å². The summed E-state index contributed by atoms with van der Waals surface area (Å²) < 4.78 is 19.6. The zero-order valence-corrected chi connectivity index (χ0v) is 12.2. The Balaban J connectivity index is 2.25. The first kappa shape index (κ1) is 15.0. The molecule has 1 amide bonds. The number of aromatic nitrogens is 1. The number of nitrogens with one attached hydrogen (secondary N) is 1. The van der Waals surface area contributed by atoms with E-state index in [1.807, 2.05) is 0 Å². The minimum absolute atomic E-state index is 0.0624. The number of hydrogen-bond acceptors (Lipinski definition) is 3. The summed E-state index contributed by atoms with van der Waals surface area (Å²) in [6, 6.07) is 9.97. The Hall–Kier alpha value is -2.43. The summed E-state index contributed by atoms with van der Waals surface area (Å²) in [7, 11) is 0. The first-order valence-corrected chi connectivity index (χ1v) is 6.57. The predicted molar refractivity (Wildman–Crippen MR) is 79.5 cm³/mol. The molecule has 0 aliphatic rings. The summed E-state index contributed by atoms with van der Waals surface area (Å²) in [4.78, 5) is 15.8. The molecule has 1 heterocycles. The second kappa shape index (κ2) is 5.91. The lowest BCUT2D eigenvalue weighted by Crippen LogP contribution is -2.27. The van der Waals surface area contributed by atoms with Crippen molar-refractivity contribution in [3.63, 3.8) is 0 Å². The number of benzene rings is 1. The number of hydrogen-bond donors (Lipinski definition) is 1. The average molecular weight is 288 g/mol. The van der Waals surface area contributed by atoms with Crippen LogP contribution >= 0.6 is 0 Å². The van der Waals surface area contributed by atoms with E-state index in [-0.39, 0.29) is 5.69 Å². The molecular weight excluding hydrogens is 271 g/mol. The molecule has 0 saturated carbocycles. The summed E-state index contributed by atoms with van der Waals surface area (Å²) in [5, 5.41) is 2.41. The van der Waals surface area contributed by atoms with Gasteiger partial charge in [-0.25, -0.2) is 9.18 Å². The Kier molecular flexibility index (Phi) is 4.21. The van der Waals surface area contributed by atoms with Gasteiger partial charge in [-0.1, -0.05) is 12.1 Å². The molecule has 0 aliphatic carbocycles. The quantitative estimate of drug-likeness (QED) is 0.899. The van der Waals surface area contributed by atoms with E-state index in [0.717, 1.165) is 0 Å². The molecule has 1 N–H and O–H groups in total. The van der Waals surface area contributed by atoms with Gasteiger partial charge in [-0.2, -0.15) is 0 Å². The molecule has 0 unspecified atom stereocenters. The summed E-state index contributed by atoms with van der Waals surface area (Å²) in [6.45, 7) is 5.23. The van der Waals surface area contributed by atoms with Crippen molar-refractivity contribution in [2.45, 2.75) is 26.4 Å². The Labute approximate surface area is 123 Å². The van der Waals surface area contributed by atoms with E-state index in [4.69, 9.17) is 4.74 Å². The molecule has 0 spiro atoms. The fourth-order valence-electron chi connectivity index (χ4n) is 1.76. The van der Waals surface area contributed by atoms with E-state index in [2.05, 4.69) is 10.3 Å². The number of amides is 1. The van der Waals surface area contributed by atoms with E-state index in [1.165, 1.54) is 6.07 Å². The van der Waals surface area contributed by atoms with Gasteiger partial charge in [0.05, 0.1) is 11.4 Å². The van der Waals surface area contributed by atoms with Gasteiger partial charge < -0.3 is 4.74 Å². The van der Waals surface area contributed by atoms with Crippen molar-refractivity contribution >= 4 is 11.8 Å². The molecular formula is C16H17FN2O2. The van der Waals surface area contributed by atoms with Gasteiger partial charge in [-0.3, -0.25) is 10.3 Å². The van der Waals surface area contributed by atoms with E-state index >= 15 is 0 Å². The molecule has 1 aromatic heterocycles. The topological polar surface area (TPSA) is 51.2 Å². The number of pyridine rings is 1. The van der Waals surface area contributed by atoms with Crippen LogP contribution < -0.4 is 5.32 Å². The highest BCUT2D eigenvalue weighted by Crippen LogP contribution is 2.26. The van der Waals surface area contributed by atoms with Crippen LogP contribution in [-0.4, -0.2) is 16.7 Å². The first-order chi connectivity index (χ1) is 9.87. The second-order valence-corrected chi connectivity index (χ2v) is 5.51. The lowest BCUT2D eigenvalue weighted by atomic mass is 10.1. The third kappa shape index (κ3) is 4.02. The van der Waals surface area contributed by atoms with Crippen LogP contribution in [0.3, 0.4) is 0 Å². The van der Waals surface area contributed by atoms with Crippen molar-refractivity contribution in [1.82, 2.24) is 4.98 Å². The smallest absolute Gasteiger partial charge is 0.412 e. The predicted octanol–water partition coefficient (Wildman–Crippen LogP) is 4.23. The van der Waals surface area contributed by atoms with E-state index in [0.29, 0.717) is 11.3 Å². The van der Waals surface area contributed by atoms with Crippen molar-refractivity contribution in [2.75, 3.05) is 5.32 Å². The second-order valence-electron chi connectivity index (χ2n) is 5.51. The number of anilines is 1. The maximum atomic E-state index is 14.4. The van der Waals surface area contributed by atoms with Gasteiger partial charge in [0.15, 0.2) is 5.82 Å². The molecule has 0 saturated heterocycles. The van der Waals surface area contributed by atoms with Gasteiger partial charge in [-0.15, -0.1) is 0 Å². The zero-order chi connectivity index (χ0) is 15.5. The Morgan fingerprint density at radius 2 is 1.95 bits per heavy atom. The van der Waals surface area contributed by atoms with Gasteiger partial charge in [0.25, 0.3) is 0 Å². The van der Waals surface area contributed by atoms with Gasteiger partial charge in [0.1, 0.15) is 5.60 Å². The van der Waals surface area contributed by atoms with E-state index in [9.17, 15) is 9.18 Å². The van der Waals surface area contributed by atoms with Crippen LogP contribution in [0.2, 0.25) is 0 Å². The zero-order valence-electron chi connectivity index (χ0n) is 12.2. The molecule has 0 bridgehead atoms. The Bertz CT molecular complexity index is 636. The Morgan fingerprint density at radius 1 is 1.19 bits per heavy atom. The van der Waals surface area contributed by atoms with Crippen LogP contribution in [0.4, 0.5) is 14.9 Å². The number of rotatable bonds is 2. The minimum Gasteiger partial charge on any atom is -0.444 e. The maximum Gasteiger partial charge on any atom is 0.412 e. The largest absolute Gasteiger partial charge is 0.444 e. The molecule has 0 fully saturated rings. The van der Waals surface area contributed by atoms with Crippen molar-refractivity contribution in [2.24, 2.45) is 0 Å². The van der Waals surface area contributed by atoms with Crippen LogP contribution in [0, 0.1) is 5.82 Å². The molecule has 1 aromatic carbocycles. The van der Waals surface area contributed by atoms with Crippen molar-refractivity contribution in [3.8, 4) is 11.3 Å².